The molecule has 78 valence electrons. The molecule has 0 aromatic rings. The predicted molar refractivity (Wildman–Crippen MR) is 42.9 cm³/mol. The average molecular weight is 193 g/mol. The second-order valence-corrected chi connectivity index (χ2v) is 3.22. The van der Waals surface area contributed by atoms with Crippen molar-refractivity contribution in [2.45, 2.75) is 30.4 Å². The van der Waals surface area contributed by atoms with Crippen LogP contribution in [0.25, 0.3) is 0 Å². The lowest BCUT2D eigenvalue weighted by atomic mass is 9.91. The van der Waals surface area contributed by atoms with Gasteiger partial charge in [-0.1, -0.05) is 0 Å². The fourth-order valence-corrected chi connectivity index (χ4v) is 1.47. The van der Waals surface area contributed by atoms with Gasteiger partial charge < -0.3 is 30.8 Å². The summed E-state index contributed by atoms with van der Waals surface area (Å²) in [6, 6.07) is -1.42. The molecule has 0 aliphatic carbocycles. The van der Waals surface area contributed by atoms with E-state index in [1.807, 2.05) is 0 Å². The SMILES string of the molecule is OC[C@@H]1N[C@@H](CO)[C@@H](O)C(O)[C@H]1O. The van der Waals surface area contributed by atoms with Crippen LogP contribution in [0, 0.1) is 0 Å². The van der Waals surface area contributed by atoms with Crippen molar-refractivity contribution in [1.29, 1.82) is 0 Å². The van der Waals surface area contributed by atoms with Gasteiger partial charge in [0.2, 0.25) is 0 Å². The Balaban J connectivity index is 2.66. The quantitative estimate of drug-likeness (QED) is 0.270. The van der Waals surface area contributed by atoms with Crippen molar-refractivity contribution in [3.63, 3.8) is 0 Å². The number of rotatable bonds is 2. The third kappa shape index (κ3) is 1.98. The Hall–Kier alpha value is -0.240. The minimum Gasteiger partial charge on any atom is -0.395 e. The van der Waals surface area contributed by atoms with E-state index < -0.39 is 30.4 Å². The lowest BCUT2D eigenvalue weighted by Gasteiger charge is -2.40. The summed E-state index contributed by atoms with van der Waals surface area (Å²) in [5.74, 6) is 0. The van der Waals surface area contributed by atoms with E-state index in [1.54, 1.807) is 0 Å². The molecule has 0 spiro atoms. The first-order chi connectivity index (χ1) is 6.11. The van der Waals surface area contributed by atoms with Crippen LogP contribution >= 0.6 is 0 Å². The fraction of sp³-hybridized carbons (Fsp3) is 1.00. The first-order valence-corrected chi connectivity index (χ1v) is 4.13. The van der Waals surface area contributed by atoms with Crippen molar-refractivity contribution < 1.29 is 25.5 Å². The summed E-state index contributed by atoms with van der Waals surface area (Å²) in [5.41, 5.74) is 0. The van der Waals surface area contributed by atoms with Crippen molar-refractivity contribution in [3.8, 4) is 0 Å². The Kier molecular flexibility index (Phi) is 3.60. The number of aliphatic hydroxyl groups excluding tert-OH is 5. The van der Waals surface area contributed by atoms with E-state index in [-0.39, 0.29) is 13.2 Å². The minimum atomic E-state index is -1.34. The van der Waals surface area contributed by atoms with Crippen LogP contribution < -0.4 is 5.32 Å². The minimum absolute atomic E-state index is 0.360. The standard InChI is InChI=1S/C7H15NO5/c9-1-3-5(11)7(13)6(12)4(2-10)8-3/h3-13H,1-2H2/t3-,4-,5-,6+,7?/m0/s1. The Morgan fingerprint density at radius 1 is 0.769 bits per heavy atom. The molecule has 1 rings (SSSR count). The number of aliphatic hydroxyl groups is 5. The highest BCUT2D eigenvalue weighted by Gasteiger charge is 2.41. The van der Waals surface area contributed by atoms with Crippen LogP contribution in [0.3, 0.4) is 0 Å². The molecule has 1 fully saturated rings. The molecule has 5 atom stereocenters. The maximum absolute atomic E-state index is 9.31. The van der Waals surface area contributed by atoms with Gasteiger partial charge in [0.25, 0.3) is 0 Å². The maximum atomic E-state index is 9.31. The molecule has 0 saturated carbocycles. The summed E-state index contributed by atoms with van der Waals surface area (Å²) in [6.07, 6.45) is -3.78. The summed E-state index contributed by atoms with van der Waals surface area (Å²) in [7, 11) is 0. The third-order valence-electron chi connectivity index (χ3n) is 2.35. The molecule has 0 aromatic heterocycles. The molecular weight excluding hydrogens is 178 g/mol. The lowest BCUT2D eigenvalue weighted by Crippen LogP contribution is -2.66. The molecule has 1 aliphatic heterocycles. The molecule has 0 aromatic carbocycles. The number of nitrogens with one attached hydrogen (secondary N) is 1. The Labute approximate surface area is 75.4 Å². The number of hydrogen-bond acceptors (Lipinski definition) is 6. The smallest absolute Gasteiger partial charge is 0.109 e. The second kappa shape index (κ2) is 4.32. The van der Waals surface area contributed by atoms with Gasteiger partial charge in [0.05, 0.1) is 37.5 Å². The zero-order valence-electron chi connectivity index (χ0n) is 7.04. The van der Waals surface area contributed by atoms with Crippen molar-refractivity contribution in [2.75, 3.05) is 13.2 Å². The Morgan fingerprint density at radius 3 is 1.46 bits per heavy atom. The van der Waals surface area contributed by atoms with E-state index in [9.17, 15) is 15.3 Å². The van der Waals surface area contributed by atoms with E-state index in [4.69, 9.17) is 10.2 Å². The molecule has 0 amide bonds. The molecule has 6 N–H and O–H groups in total. The van der Waals surface area contributed by atoms with Gasteiger partial charge in [-0.25, -0.2) is 0 Å². The predicted octanol–water partition coefficient (Wildman–Crippen LogP) is -3.61. The molecular formula is C7H15NO5. The van der Waals surface area contributed by atoms with Gasteiger partial charge in [0.15, 0.2) is 0 Å². The molecule has 1 unspecified atom stereocenters. The topological polar surface area (TPSA) is 113 Å². The Bertz CT molecular complexity index is 147. The van der Waals surface area contributed by atoms with Crippen molar-refractivity contribution in [3.05, 3.63) is 0 Å². The van der Waals surface area contributed by atoms with E-state index in [2.05, 4.69) is 5.32 Å². The number of hydrogen-bond donors (Lipinski definition) is 6. The summed E-state index contributed by atoms with van der Waals surface area (Å²) in [4.78, 5) is 0. The highest BCUT2D eigenvalue weighted by molar-refractivity contribution is 4.97. The van der Waals surface area contributed by atoms with Gasteiger partial charge >= 0.3 is 0 Å². The largest absolute Gasteiger partial charge is 0.395 e. The van der Waals surface area contributed by atoms with Crippen LogP contribution in [0.5, 0.6) is 0 Å². The van der Waals surface area contributed by atoms with Gasteiger partial charge in [0, 0.05) is 0 Å². The van der Waals surface area contributed by atoms with Gasteiger partial charge in [-0.3, -0.25) is 0 Å². The first-order valence-electron chi connectivity index (χ1n) is 4.13. The maximum Gasteiger partial charge on any atom is 0.109 e. The van der Waals surface area contributed by atoms with Gasteiger partial charge in [-0.2, -0.15) is 0 Å². The average Bonchev–Trinajstić information content (AvgIpc) is 2.15. The second-order valence-electron chi connectivity index (χ2n) is 3.22. The summed E-state index contributed by atoms with van der Waals surface area (Å²) in [6.45, 7) is -0.719. The molecule has 6 nitrogen and oxygen atoms in total. The molecule has 0 bridgehead atoms. The fourth-order valence-electron chi connectivity index (χ4n) is 1.47. The van der Waals surface area contributed by atoms with Crippen LogP contribution in [0.4, 0.5) is 0 Å². The van der Waals surface area contributed by atoms with Gasteiger partial charge in [0.1, 0.15) is 6.10 Å². The van der Waals surface area contributed by atoms with E-state index in [0.29, 0.717) is 0 Å². The van der Waals surface area contributed by atoms with E-state index >= 15 is 0 Å². The zero-order valence-corrected chi connectivity index (χ0v) is 7.04. The molecule has 13 heavy (non-hydrogen) atoms. The van der Waals surface area contributed by atoms with Gasteiger partial charge in [-0.05, 0) is 0 Å². The van der Waals surface area contributed by atoms with Crippen LogP contribution in [-0.4, -0.2) is 69.1 Å². The molecule has 1 aliphatic rings. The van der Waals surface area contributed by atoms with Crippen LogP contribution in [0.2, 0.25) is 0 Å². The molecule has 1 heterocycles. The summed E-state index contributed by atoms with van der Waals surface area (Å²) in [5, 5.41) is 48.1. The zero-order chi connectivity index (χ0) is 10.0. The van der Waals surface area contributed by atoms with Crippen molar-refractivity contribution in [2.24, 2.45) is 0 Å². The van der Waals surface area contributed by atoms with E-state index in [1.165, 1.54) is 0 Å². The molecule has 1 saturated heterocycles. The highest BCUT2D eigenvalue weighted by Crippen LogP contribution is 2.14. The summed E-state index contributed by atoms with van der Waals surface area (Å²) < 4.78 is 0. The lowest BCUT2D eigenvalue weighted by molar-refractivity contribution is -0.125. The normalized spacial score (nSPS) is 46.4. The highest BCUT2D eigenvalue weighted by atomic mass is 16.4. The molecule has 0 radical (unpaired) electrons. The Morgan fingerprint density at radius 2 is 1.15 bits per heavy atom. The third-order valence-corrected chi connectivity index (χ3v) is 2.35. The monoisotopic (exact) mass is 193 g/mol. The van der Waals surface area contributed by atoms with Gasteiger partial charge in [-0.15, -0.1) is 0 Å². The van der Waals surface area contributed by atoms with Crippen molar-refractivity contribution in [1.82, 2.24) is 5.32 Å². The van der Waals surface area contributed by atoms with Crippen LogP contribution in [0.15, 0.2) is 0 Å². The van der Waals surface area contributed by atoms with Crippen molar-refractivity contribution >= 4 is 0 Å². The number of piperidine rings is 1. The molecule has 6 heteroatoms. The first kappa shape index (κ1) is 10.8. The summed E-state index contributed by atoms with van der Waals surface area (Å²) >= 11 is 0. The van der Waals surface area contributed by atoms with Crippen LogP contribution in [0.1, 0.15) is 0 Å². The van der Waals surface area contributed by atoms with Crippen LogP contribution in [-0.2, 0) is 0 Å². The van der Waals surface area contributed by atoms with E-state index in [0.717, 1.165) is 0 Å².